The van der Waals surface area contributed by atoms with E-state index in [1.165, 1.54) is 32.6 Å². The Morgan fingerprint density at radius 3 is 1.18 bits per heavy atom. The Bertz CT molecular complexity index is 7210. The van der Waals surface area contributed by atoms with Gasteiger partial charge in [0.2, 0.25) is 0 Å². The summed E-state index contributed by atoms with van der Waals surface area (Å²) in [4.78, 5) is 39.0. The summed E-state index contributed by atoms with van der Waals surface area (Å²) in [7, 11) is -2.90. The summed E-state index contributed by atoms with van der Waals surface area (Å²) in [5.41, 5.74) is 28.5. The zero-order valence-electron chi connectivity index (χ0n) is 65.8. The summed E-state index contributed by atoms with van der Waals surface area (Å²) in [6, 6.07) is 117. The lowest BCUT2D eigenvalue weighted by atomic mass is 9.80. The van der Waals surface area contributed by atoms with Crippen molar-refractivity contribution in [2.24, 2.45) is 0 Å². The molecule has 0 spiro atoms. The fraction of sp³-hybridized carbons (Fsp3) is 0. The maximum absolute atomic E-state index is 12.0. The van der Waals surface area contributed by atoms with Gasteiger partial charge in [0.25, 0.3) is 0 Å². The van der Waals surface area contributed by atoms with Crippen LogP contribution in [0, 0.1) is 0 Å². The maximum Gasteiger partial charge on any atom is 0.489 e. The minimum absolute atomic E-state index is 0.337. The summed E-state index contributed by atoms with van der Waals surface area (Å²) >= 11 is 51.4. The van der Waals surface area contributed by atoms with Crippen molar-refractivity contribution in [3.63, 3.8) is 0 Å². The van der Waals surface area contributed by atoms with Gasteiger partial charge in [-0.1, -0.05) is 313 Å². The van der Waals surface area contributed by atoms with Gasteiger partial charge in [0.1, 0.15) is 17.1 Å². The van der Waals surface area contributed by atoms with Crippen molar-refractivity contribution in [2.45, 2.75) is 0 Å². The van der Waals surface area contributed by atoms with Gasteiger partial charge in [-0.15, -0.1) is 0 Å². The normalized spacial score (nSPS) is 10.7. The lowest BCUT2D eigenvalue weighted by Crippen LogP contribution is -2.30. The molecule has 21 rings (SSSR count). The largest absolute Gasteiger partial charge is 0.489 e. The number of carbonyl (C=O) groups excluding carboxylic acids is 2. The summed E-state index contributed by atoms with van der Waals surface area (Å²) < 4.78 is 17.2. The third-order valence-electron chi connectivity index (χ3n) is 19.8. The van der Waals surface area contributed by atoms with Crippen LogP contribution in [-0.2, 0) is 4.57 Å². The number of carbonyl (C=O) groups is 2. The third kappa shape index (κ3) is 21.2. The number of halogens is 9. The fourth-order valence-electron chi connectivity index (χ4n) is 13.9. The molecule has 24 heteroatoms. The third-order valence-corrected chi connectivity index (χ3v) is 24.2. The van der Waals surface area contributed by atoms with Crippen molar-refractivity contribution in [2.75, 3.05) is 11.5 Å². The van der Waals surface area contributed by atoms with E-state index in [1.807, 2.05) is 218 Å². The average molecular weight is 1880 g/mol. The zero-order valence-corrected chi connectivity index (χ0v) is 74.3. The summed E-state index contributed by atoms with van der Waals surface area (Å²) in [5, 5.41) is 31.0. The molecule has 5 aromatic heterocycles. The van der Waals surface area contributed by atoms with Crippen LogP contribution in [0.2, 0.25) is 40.2 Å². The number of H-pyrrole nitrogens is 1. The van der Waals surface area contributed by atoms with Crippen molar-refractivity contribution in [3.05, 3.63) is 426 Å². The molecule has 0 unspecified atom stereocenters. The van der Waals surface area contributed by atoms with E-state index in [2.05, 4.69) is 107 Å². The number of pyridine rings is 2. The van der Waals surface area contributed by atoms with E-state index >= 15 is 0 Å². The number of hydrogen-bond acceptors (Lipinski definition) is 10. The van der Waals surface area contributed by atoms with E-state index in [0.29, 0.717) is 58.1 Å². The molecule has 21 aromatic rings. The van der Waals surface area contributed by atoms with Crippen molar-refractivity contribution < 1.29 is 24.2 Å². The first-order chi connectivity index (χ1) is 60.7. The Morgan fingerprint density at radius 1 is 0.336 bits per heavy atom. The molecule has 0 aliphatic carbocycles. The lowest BCUT2D eigenvalue weighted by Gasteiger charge is -2.10. The molecule has 0 aliphatic heterocycles. The van der Waals surface area contributed by atoms with E-state index in [4.69, 9.17) is 124 Å². The molecule has 614 valence electrons. The molecule has 0 amide bonds. The van der Waals surface area contributed by atoms with Crippen LogP contribution in [0.15, 0.2) is 375 Å². The molecule has 125 heavy (non-hydrogen) atoms. The topological polar surface area (TPSA) is 207 Å². The molecular formula is C101H70BBrCl8N8O5P+. The number of rotatable bonds is 8. The highest BCUT2D eigenvalue weighted by Crippen LogP contribution is 2.40. The molecule has 5 heterocycles. The number of benzene rings is 16. The predicted octanol–water partition coefficient (Wildman–Crippen LogP) is 27.8. The molecule has 0 atom stereocenters. The van der Waals surface area contributed by atoms with E-state index in [0.717, 1.165) is 127 Å². The smallest absolute Gasteiger partial charge is 0.423 e. The molecule has 13 nitrogen and oxygen atoms in total. The second kappa shape index (κ2) is 42.0. The first-order valence-electron chi connectivity index (χ1n) is 38.7. The number of fused-ring (bicyclic) bond motifs is 17. The highest BCUT2D eigenvalue weighted by atomic mass is 79.9. The standard InChI is InChI=1S/C19H12Cl2N2.2C19H11ClN2.C13H8Cl2O.C12H10OP.C7H4BrClO.C6H6BClO2.C6H8N2/c20-12-9-10-13(14-5-1-2-6-16(14)21)15(11-12)19-22-17-7-3-4-8-18(17)23-19;2*20-12-9-10-13-14-5-1-3-7-17(14)22-18-8-4-2-6-16(18)21-19(22)15(13)11-12;14-10-5-6-11(9(7-10)8-16)12-3-1-2-4-13(12)15;13-14(11-7-3-1-4-8-11)12-9-5-2-6-10-12;8-7-2-1-6(9)3-5(7)4-10;8-6-4-2-1-3-5(6)7(9)10;7-5-3-1-2-4-6(5)8/h1-11H,(H,22,23);2*1-11H;1-8H;1-10H;1-4H;1-4,9-10H;1-4H,7-8H2/q;;;;+1;;;. The van der Waals surface area contributed by atoms with E-state index in [-0.39, 0.29) is 0 Å². The number of nitrogens with zero attached hydrogens (tertiary/aromatic N) is 5. The van der Waals surface area contributed by atoms with Gasteiger partial charge < -0.3 is 26.5 Å². The van der Waals surface area contributed by atoms with Gasteiger partial charge in [0.15, 0.2) is 23.2 Å². The Labute approximate surface area is 768 Å². The number of anilines is 2. The Balaban J connectivity index is 0.000000119. The van der Waals surface area contributed by atoms with Gasteiger partial charge in [-0.3, -0.25) is 18.4 Å². The number of aromatic nitrogens is 6. The molecule has 0 saturated carbocycles. The van der Waals surface area contributed by atoms with Gasteiger partial charge in [-0.05, 0) is 192 Å². The molecule has 0 saturated heterocycles. The van der Waals surface area contributed by atoms with Crippen molar-refractivity contribution >= 4 is 251 Å². The van der Waals surface area contributed by atoms with Gasteiger partial charge in [0.05, 0.1) is 55.5 Å². The van der Waals surface area contributed by atoms with Crippen LogP contribution in [0.25, 0.3) is 121 Å². The summed E-state index contributed by atoms with van der Waals surface area (Å²) in [5.74, 6) is 0.781. The fourth-order valence-corrected chi connectivity index (χ4v) is 17.0. The molecule has 0 radical (unpaired) electrons. The predicted molar refractivity (Wildman–Crippen MR) is 531 cm³/mol. The first-order valence-corrected chi connectivity index (χ1v) is 43.7. The van der Waals surface area contributed by atoms with Gasteiger partial charge in [-0.2, -0.15) is 0 Å². The number of nitrogen functional groups attached to an aromatic ring is 2. The highest BCUT2D eigenvalue weighted by molar-refractivity contribution is 9.10. The van der Waals surface area contributed by atoms with Crippen LogP contribution in [0.5, 0.6) is 0 Å². The number of nitrogens with one attached hydrogen (secondary N) is 1. The van der Waals surface area contributed by atoms with Crippen molar-refractivity contribution in [1.82, 2.24) is 28.7 Å². The van der Waals surface area contributed by atoms with Gasteiger partial charge in [0, 0.05) is 99.5 Å². The lowest BCUT2D eigenvalue weighted by molar-refractivity contribution is 0.111. The van der Waals surface area contributed by atoms with Crippen LogP contribution >= 0.6 is 117 Å². The Morgan fingerprint density at radius 2 is 0.720 bits per heavy atom. The second-order valence-electron chi connectivity index (χ2n) is 27.8. The monoisotopic (exact) mass is 1880 g/mol. The maximum atomic E-state index is 12.0. The summed E-state index contributed by atoms with van der Waals surface area (Å²) in [6.07, 6.45) is 1.54. The second-order valence-corrected chi connectivity index (χ2v) is 33.7. The zero-order chi connectivity index (χ0) is 87.6. The van der Waals surface area contributed by atoms with Gasteiger partial charge in [-0.25, -0.2) is 15.0 Å². The highest BCUT2D eigenvalue weighted by Gasteiger charge is 2.23. The number of imidazole rings is 3. The first kappa shape index (κ1) is 89.0. The van der Waals surface area contributed by atoms with Crippen LogP contribution in [-0.4, -0.2) is 58.5 Å². The van der Waals surface area contributed by atoms with Crippen LogP contribution in [0.4, 0.5) is 11.4 Å². The summed E-state index contributed by atoms with van der Waals surface area (Å²) in [6.45, 7) is 0. The molecule has 7 N–H and O–H groups in total. The van der Waals surface area contributed by atoms with E-state index in [1.54, 1.807) is 78.9 Å². The van der Waals surface area contributed by atoms with Crippen LogP contribution in [0.3, 0.4) is 0 Å². The SMILES string of the molecule is Clc1ccc(-c2ccccc2Cl)c(-c2nc3ccccc3[nH]2)c1.Clc1ccc2c3ccccc3n3c4ccccc4nc3c2c1.Clc1ccc2c3ccccc3n3c4ccccc4nc3c2c1.Nc1ccccc1N.O=Cc1cc(Cl)ccc1-c1ccccc1Cl.O=Cc1cc(Cl)ccc1Br.O=[P+](c1ccccc1)c1ccccc1.OB(O)c1ccccc1Cl. The minimum atomic E-state index is -1.48. The molecule has 0 aliphatic rings. The van der Waals surface area contributed by atoms with Gasteiger partial charge >= 0.3 is 14.9 Å². The van der Waals surface area contributed by atoms with E-state index < -0.39 is 14.9 Å². The number of aromatic amines is 1. The molecule has 0 bridgehead atoms. The Hall–Kier alpha value is -12.2. The minimum Gasteiger partial charge on any atom is -0.423 e. The quantitative estimate of drug-likeness (QED) is 0.0320. The molecular weight excluding hydrogens is 1810 g/mol. The van der Waals surface area contributed by atoms with Crippen LogP contribution < -0.4 is 27.5 Å². The molecule has 16 aromatic carbocycles. The van der Waals surface area contributed by atoms with Crippen molar-refractivity contribution in [3.8, 4) is 33.6 Å². The number of nitrogens with two attached hydrogens (primary N) is 2. The number of para-hydroxylation sites is 10. The average Bonchev–Trinajstić information content (AvgIpc) is 1.60. The van der Waals surface area contributed by atoms with Crippen LogP contribution in [0.1, 0.15) is 20.7 Å². The number of hydrogen-bond donors (Lipinski definition) is 5. The Kier molecular flexibility index (Phi) is 29.9. The number of aldehydes is 2. The van der Waals surface area contributed by atoms with E-state index in [9.17, 15) is 14.2 Å². The molecule has 0 fully saturated rings. The van der Waals surface area contributed by atoms with Crippen molar-refractivity contribution in [1.29, 1.82) is 0 Å².